The molecule has 1 N–H and O–H groups in total. The van der Waals surface area contributed by atoms with Crippen molar-refractivity contribution in [3.63, 3.8) is 0 Å². The Hall–Kier alpha value is -0.960. The van der Waals surface area contributed by atoms with E-state index in [1.807, 2.05) is 0 Å². The molecule has 0 aromatic heterocycles. The molecule has 0 fully saturated rings. The van der Waals surface area contributed by atoms with Gasteiger partial charge in [0.2, 0.25) is 5.91 Å². The normalized spacial score (nSPS) is 11.0. The van der Waals surface area contributed by atoms with Crippen LogP contribution in [0, 0.1) is 0 Å². The molecular formula is C13H21NOS. The Kier molecular flexibility index (Phi) is 8.72. The number of allylic oxidation sites excluding steroid dienone is 2. The second-order valence-corrected chi connectivity index (χ2v) is 4.49. The molecule has 16 heavy (non-hydrogen) atoms. The van der Waals surface area contributed by atoms with Crippen molar-refractivity contribution in [1.29, 1.82) is 0 Å². The summed E-state index contributed by atoms with van der Waals surface area (Å²) in [5.74, 6) is 0.985. The van der Waals surface area contributed by atoms with E-state index >= 15 is 0 Å². The fourth-order valence-corrected chi connectivity index (χ4v) is 1.76. The van der Waals surface area contributed by atoms with Gasteiger partial charge in [0.15, 0.2) is 0 Å². The number of amides is 1. The molecule has 0 bridgehead atoms. The summed E-state index contributed by atoms with van der Waals surface area (Å²) in [5.41, 5.74) is 1.93. The predicted octanol–water partition coefficient (Wildman–Crippen LogP) is 2.93. The van der Waals surface area contributed by atoms with Gasteiger partial charge in [-0.05, 0) is 26.0 Å². The Bertz CT molecular complexity index is 282. The van der Waals surface area contributed by atoms with Crippen molar-refractivity contribution < 1.29 is 4.79 Å². The predicted molar refractivity (Wildman–Crippen MR) is 73.7 cm³/mol. The highest BCUT2D eigenvalue weighted by atomic mass is 32.2. The zero-order valence-electron chi connectivity index (χ0n) is 10.2. The standard InChI is InChI=1S/C13H21NOS/c1-5-7-12(3)13(15)14-9-6-8-11(2)10-16-4/h5,7H,1-2,6,8-10H2,3-4H3,(H,14,15). The monoisotopic (exact) mass is 239 g/mol. The zero-order valence-corrected chi connectivity index (χ0v) is 11.0. The molecule has 0 unspecified atom stereocenters. The van der Waals surface area contributed by atoms with Crippen molar-refractivity contribution in [2.24, 2.45) is 0 Å². The molecule has 3 heteroatoms. The first-order chi connectivity index (χ1) is 7.61. The van der Waals surface area contributed by atoms with Crippen LogP contribution in [0.2, 0.25) is 0 Å². The van der Waals surface area contributed by atoms with Crippen LogP contribution in [0.3, 0.4) is 0 Å². The second kappa shape index (κ2) is 9.28. The molecule has 0 aliphatic rings. The van der Waals surface area contributed by atoms with Gasteiger partial charge in [-0.1, -0.05) is 30.9 Å². The smallest absolute Gasteiger partial charge is 0.246 e. The molecule has 0 aliphatic heterocycles. The van der Waals surface area contributed by atoms with Crippen molar-refractivity contribution in [3.8, 4) is 0 Å². The summed E-state index contributed by atoms with van der Waals surface area (Å²) >= 11 is 1.78. The molecule has 0 atom stereocenters. The van der Waals surface area contributed by atoms with E-state index in [1.165, 1.54) is 5.57 Å². The van der Waals surface area contributed by atoms with E-state index in [1.54, 1.807) is 30.8 Å². The van der Waals surface area contributed by atoms with E-state index in [2.05, 4.69) is 24.7 Å². The first kappa shape index (κ1) is 15.0. The van der Waals surface area contributed by atoms with Crippen LogP contribution in [-0.4, -0.2) is 24.5 Å². The summed E-state index contributed by atoms with van der Waals surface area (Å²) in [6.07, 6.45) is 7.32. The number of thioether (sulfide) groups is 1. The molecule has 1 amide bonds. The summed E-state index contributed by atoms with van der Waals surface area (Å²) in [6, 6.07) is 0. The molecule has 0 saturated carbocycles. The van der Waals surface area contributed by atoms with Crippen LogP contribution in [0.4, 0.5) is 0 Å². The van der Waals surface area contributed by atoms with Gasteiger partial charge < -0.3 is 5.32 Å². The molecule has 90 valence electrons. The third-order valence-electron chi connectivity index (χ3n) is 2.07. The molecule has 0 spiro atoms. The van der Waals surface area contributed by atoms with Gasteiger partial charge in [-0.15, -0.1) is 0 Å². The number of rotatable bonds is 8. The highest BCUT2D eigenvalue weighted by Gasteiger charge is 2.01. The zero-order chi connectivity index (χ0) is 12.4. The third-order valence-corrected chi connectivity index (χ3v) is 2.76. The highest BCUT2D eigenvalue weighted by Crippen LogP contribution is 2.07. The molecule has 0 aliphatic carbocycles. The molecule has 0 saturated heterocycles. The first-order valence-electron chi connectivity index (χ1n) is 5.35. The van der Waals surface area contributed by atoms with Crippen molar-refractivity contribution in [2.45, 2.75) is 19.8 Å². The largest absolute Gasteiger partial charge is 0.352 e. The van der Waals surface area contributed by atoms with Crippen molar-refractivity contribution in [3.05, 3.63) is 36.5 Å². The number of carbonyl (C=O) groups excluding carboxylic acids is 1. The fraction of sp³-hybridized carbons (Fsp3) is 0.462. The lowest BCUT2D eigenvalue weighted by Crippen LogP contribution is -2.25. The van der Waals surface area contributed by atoms with E-state index < -0.39 is 0 Å². The maximum absolute atomic E-state index is 11.4. The number of nitrogens with one attached hydrogen (secondary N) is 1. The van der Waals surface area contributed by atoms with E-state index in [0.29, 0.717) is 12.1 Å². The van der Waals surface area contributed by atoms with Gasteiger partial charge in [-0.2, -0.15) is 11.8 Å². The molecule has 0 aromatic rings. The van der Waals surface area contributed by atoms with E-state index in [9.17, 15) is 4.79 Å². The lowest BCUT2D eigenvalue weighted by molar-refractivity contribution is -0.117. The van der Waals surface area contributed by atoms with Gasteiger partial charge in [0.1, 0.15) is 0 Å². The summed E-state index contributed by atoms with van der Waals surface area (Å²) < 4.78 is 0. The van der Waals surface area contributed by atoms with Crippen molar-refractivity contribution in [2.75, 3.05) is 18.6 Å². The van der Waals surface area contributed by atoms with Crippen LogP contribution in [0.1, 0.15) is 19.8 Å². The first-order valence-corrected chi connectivity index (χ1v) is 6.74. The van der Waals surface area contributed by atoms with Crippen molar-refractivity contribution >= 4 is 17.7 Å². The Labute approximate surface area is 103 Å². The Morgan fingerprint density at radius 3 is 2.75 bits per heavy atom. The van der Waals surface area contributed by atoms with Crippen LogP contribution in [-0.2, 0) is 4.79 Å². The van der Waals surface area contributed by atoms with Gasteiger partial charge >= 0.3 is 0 Å². The van der Waals surface area contributed by atoms with Gasteiger partial charge in [0.05, 0.1) is 0 Å². The van der Waals surface area contributed by atoms with Crippen LogP contribution in [0.5, 0.6) is 0 Å². The summed E-state index contributed by atoms with van der Waals surface area (Å²) in [5, 5.41) is 2.86. The maximum Gasteiger partial charge on any atom is 0.246 e. The summed E-state index contributed by atoms with van der Waals surface area (Å²) in [6.45, 7) is 10.0. The second-order valence-electron chi connectivity index (χ2n) is 3.63. The molecule has 0 radical (unpaired) electrons. The average molecular weight is 239 g/mol. The topological polar surface area (TPSA) is 29.1 Å². The number of carbonyl (C=O) groups is 1. The number of hydrogen-bond donors (Lipinski definition) is 1. The molecule has 2 nitrogen and oxygen atoms in total. The van der Waals surface area contributed by atoms with Crippen LogP contribution < -0.4 is 5.32 Å². The molecule has 0 heterocycles. The van der Waals surface area contributed by atoms with Gasteiger partial charge in [0.25, 0.3) is 0 Å². The van der Waals surface area contributed by atoms with Gasteiger partial charge in [-0.25, -0.2) is 0 Å². The highest BCUT2D eigenvalue weighted by molar-refractivity contribution is 7.98. The Morgan fingerprint density at radius 1 is 1.50 bits per heavy atom. The van der Waals surface area contributed by atoms with E-state index in [4.69, 9.17) is 0 Å². The molecule has 0 rings (SSSR count). The number of hydrogen-bond acceptors (Lipinski definition) is 2. The molecular weight excluding hydrogens is 218 g/mol. The van der Waals surface area contributed by atoms with E-state index in [-0.39, 0.29) is 5.91 Å². The van der Waals surface area contributed by atoms with E-state index in [0.717, 1.165) is 18.6 Å². The average Bonchev–Trinajstić information content (AvgIpc) is 2.24. The maximum atomic E-state index is 11.4. The van der Waals surface area contributed by atoms with Crippen LogP contribution in [0.25, 0.3) is 0 Å². The third kappa shape index (κ3) is 7.35. The SMILES string of the molecule is C=CC=C(C)C(=O)NCCCC(=C)CSC. The summed E-state index contributed by atoms with van der Waals surface area (Å²) in [4.78, 5) is 11.4. The minimum Gasteiger partial charge on any atom is -0.352 e. The molecule has 0 aromatic carbocycles. The minimum absolute atomic E-state index is 0.0182. The Balaban J connectivity index is 3.67. The van der Waals surface area contributed by atoms with Crippen molar-refractivity contribution in [1.82, 2.24) is 5.32 Å². The summed E-state index contributed by atoms with van der Waals surface area (Å²) in [7, 11) is 0. The minimum atomic E-state index is -0.0182. The fourth-order valence-electron chi connectivity index (χ4n) is 1.21. The lowest BCUT2D eigenvalue weighted by Gasteiger charge is -2.06. The van der Waals surface area contributed by atoms with Crippen LogP contribution in [0.15, 0.2) is 36.5 Å². The van der Waals surface area contributed by atoms with Gasteiger partial charge in [0, 0.05) is 17.9 Å². The van der Waals surface area contributed by atoms with Crippen LogP contribution >= 0.6 is 11.8 Å². The lowest BCUT2D eigenvalue weighted by atomic mass is 10.2. The quantitative estimate of drug-likeness (QED) is 0.305. The Morgan fingerprint density at radius 2 is 2.19 bits per heavy atom. The van der Waals surface area contributed by atoms with Gasteiger partial charge in [-0.3, -0.25) is 4.79 Å².